The molecule has 0 saturated heterocycles. The summed E-state index contributed by atoms with van der Waals surface area (Å²) in [5.41, 5.74) is 0. The Kier molecular flexibility index (Phi) is 7.41. The molecule has 112 valence electrons. The zero-order chi connectivity index (χ0) is 15.0. The van der Waals surface area contributed by atoms with Gasteiger partial charge in [0.2, 0.25) is 0 Å². The highest BCUT2D eigenvalue weighted by atomic mass is 35.5. The van der Waals surface area contributed by atoms with Gasteiger partial charge in [-0.2, -0.15) is 0 Å². The molecule has 0 aliphatic heterocycles. The average Bonchev–Trinajstić information content (AvgIpc) is 2.46. The number of ether oxygens (including phenoxy) is 1. The number of benzene rings is 1. The molecule has 20 heavy (non-hydrogen) atoms. The number of carbonyl (C=O) groups is 1. The van der Waals surface area contributed by atoms with Crippen LogP contribution in [0.15, 0.2) is 24.3 Å². The van der Waals surface area contributed by atoms with Crippen LogP contribution in [0.3, 0.4) is 0 Å². The number of aliphatic hydroxyl groups is 1. The molecule has 0 radical (unpaired) electrons. The highest BCUT2D eigenvalue weighted by Crippen LogP contribution is 2.24. The maximum atomic E-state index is 12.0. The lowest BCUT2D eigenvalue weighted by Crippen LogP contribution is -2.39. The van der Waals surface area contributed by atoms with E-state index in [2.05, 4.69) is 5.32 Å². The molecule has 0 heterocycles. The van der Waals surface area contributed by atoms with Gasteiger partial charge in [-0.1, -0.05) is 37.6 Å². The maximum Gasteiger partial charge on any atom is 0.261 e. The second-order valence-electron chi connectivity index (χ2n) is 4.59. The smallest absolute Gasteiger partial charge is 0.261 e. The molecular weight excluding hydrogens is 278 g/mol. The molecule has 1 aromatic rings. The van der Waals surface area contributed by atoms with Gasteiger partial charge < -0.3 is 15.2 Å². The van der Waals surface area contributed by atoms with E-state index in [1.807, 2.05) is 26.0 Å². The zero-order valence-corrected chi connectivity index (χ0v) is 12.7. The Hall–Kier alpha value is -1.26. The van der Waals surface area contributed by atoms with Gasteiger partial charge in [-0.25, -0.2) is 0 Å². The van der Waals surface area contributed by atoms with E-state index in [9.17, 15) is 9.90 Å². The molecule has 0 aromatic heterocycles. The van der Waals surface area contributed by atoms with E-state index in [0.29, 0.717) is 36.6 Å². The van der Waals surface area contributed by atoms with Crippen molar-refractivity contribution in [3.8, 4) is 5.75 Å². The van der Waals surface area contributed by atoms with Gasteiger partial charge in [-0.3, -0.25) is 4.79 Å². The summed E-state index contributed by atoms with van der Waals surface area (Å²) in [4.78, 5) is 12.0. The summed E-state index contributed by atoms with van der Waals surface area (Å²) in [5.74, 6) is 0.320. The van der Waals surface area contributed by atoms with Crippen molar-refractivity contribution in [2.24, 2.45) is 0 Å². The molecular formula is C15H22ClNO3. The van der Waals surface area contributed by atoms with Crippen LogP contribution < -0.4 is 10.1 Å². The first kappa shape index (κ1) is 16.8. The van der Waals surface area contributed by atoms with E-state index < -0.39 is 6.10 Å². The minimum atomic E-state index is -0.575. The van der Waals surface area contributed by atoms with E-state index in [1.54, 1.807) is 12.1 Å². The van der Waals surface area contributed by atoms with Crippen LogP contribution in [0.5, 0.6) is 5.75 Å². The molecule has 0 fully saturated rings. The van der Waals surface area contributed by atoms with Crippen molar-refractivity contribution < 1.29 is 14.6 Å². The summed E-state index contributed by atoms with van der Waals surface area (Å²) >= 11 is 6.00. The minimum absolute atomic E-state index is 0.185. The number of rotatable bonds is 8. The number of carbonyl (C=O) groups excluding carboxylic acids is 1. The summed E-state index contributed by atoms with van der Waals surface area (Å²) in [5, 5.41) is 12.7. The molecule has 0 aliphatic rings. The molecule has 0 spiro atoms. The van der Waals surface area contributed by atoms with Crippen LogP contribution in [-0.4, -0.2) is 29.8 Å². The fourth-order valence-electron chi connectivity index (χ4n) is 1.70. The Labute approximate surface area is 125 Å². The van der Waals surface area contributed by atoms with Crippen LogP contribution in [-0.2, 0) is 4.79 Å². The quantitative estimate of drug-likeness (QED) is 0.776. The molecule has 2 unspecified atom stereocenters. The summed E-state index contributed by atoms with van der Waals surface area (Å²) < 4.78 is 5.63. The van der Waals surface area contributed by atoms with Gasteiger partial charge in [-0.15, -0.1) is 0 Å². The topological polar surface area (TPSA) is 58.6 Å². The predicted molar refractivity (Wildman–Crippen MR) is 80.1 cm³/mol. The normalized spacial score (nSPS) is 13.6. The van der Waals surface area contributed by atoms with Gasteiger partial charge >= 0.3 is 0 Å². The lowest BCUT2D eigenvalue weighted by molar-refractivity contribution is -0.128. The fourth-order valence-corrected chi connectivity index (χ4v) is 1.88. The summed E-state index contributed by atoms with van der Waals surface area (Å²) in [6.45, 7) is 4.22. The number of nitrogens with one attached hydrogen (secondary N) is 1. The van der Waals surface area contributed by atoms with E-state index in [0.717, 1.165) is 0 Å². The molecule has 1 amide bonds. The number of halogens is 1. The Bertz CT molecular complexity index is 425. The van der Waals surface area contributed by atoms with Crippen molar-refractivity contribution in [3.63, 3.8) is 0 Å². The largest absolute Gasteiger partial charge is 0.479 e. The lowest BCUT2D eigenvalue weighted by atomic mass is 10.2. The van der Waals surface area contributed by atoms with E-state index >= 15 is 0 Å². The Balaban J connectivity index is 2.49. The third kappa shape index (κ3) is 5.39. The molecule has 0 aliphatic carbocycles. The van der Waals surface area contributed by atoms with Crippen molar-refractivity contribution in [1.29, 1.82) is 0 Å². The highest BCUT2D eigenvalue weighted by molar-refractivity contribution is 6.32. The van der Waals surface area contributed by atoms with E-state index in [1.165, 1.54) is 0 Å². The average molecular weight is 300 g/mol. The maximum absolute atomic E-state index is 12.0. The number of hydrogen-bond acceptors (Lipinski definition) is 3. The summed E-state index contributed by atoms with van der Waals surface area (Å²) in [6, 6.07) is 7.07. The van der Waals surface area contributed by atoms with Gasteiger partial charge in [0.25, 0.3) is 5.91 Å². The Morgan fingerprint density at radius 2 is 2.05 bits per heavy atom. The lowest BCUT2D eigenvalue weighted by Gasteiger charge is -2.18. The van der Waals surface area contributed by atoms with Crippen LogP contribution in [0.4, 0.5) is 0 Å². The summed E-state index contributed by atoms with van der Waals surface area (Å²) in [7, 11) is 0. The summed E-state index contributed by atoms with van der Waals surface area (Å²) in [6.07, 6.45) is 0.829. The first-order valence-corrected chi connectivity index (χ1v) is 7.33. The van der Waals surface area contributed by atoms with Gasteiger partial charge in [0.15, 0.2) is 6.10 Å². The van der Waals surface area contributed by atoms with Crippen LogP contribution in [0.25, 0.3) is 0 Å². The number of para-hydroxylation sites is 1. The third-order valence-corrected chi connectivity index (χ3v) is 3.33. The van der Waals surface area contributed by atoms with Crippen LogP contribution >= 0.6 is 11.6 Å². The Morgan fingerprint density at radius 3 is 2.65 bits per heavy atom. The van der Waals surface area contributed by atoms with Crippen LogP contribution in [0.1, 0.15) is 33.1 Å². The van der Waals surface area contributed by atoms with Crippen molar-refractivity contribution in [3.05, 3.63) is 29.3 Å². The SMILES string of the molecule is CCC(O)CCNC(=O)C(CC)Oc1ccccc1Cl. The van der Waals surface area contributed by atoms with Crippen molar-refractivity contribution >= 4 is 17.5 Å². The van der Waals surface area contributed by atoms with Crippen molar-refractivity contribution in [2.75, 3.05) is 6.54 Å². The first-order chi connectivity index (χ1) is 9.58. The van der Waals surface area contributed by atoms with Gasteiger partial charge in [0.1, 0.15) is 5.75 Å². The van der Waals surface area contributed by atoms with Crippen LogP contribution in [0, 0.1) is 0 Å². The molecule has 4 nitrogen and oxygen atoms in total. The molecule has 1 rings (SSSR count). The number of aliphatic hydroxyl groups excluding tert-OH is 1. The molecule has 5 heteroatoms. The molecule has 0 bridgehead atoms. The second kappa shape index (κ2) is 8.82. The van der Waals surface area contributed by atoms with Crippen molar-refractivity contribution in [2.45, 2.75) is 45.3 Å². The molecule has 0 saturated carbocycles. The number of hydrogen-bond donors (Lipinski definition) is 2. The molecule has 2 N–H and O–H groups in total. The van der Waals surface area contributed by atoms with Gasteiger partial charge in [0, 0.05) is 6.54 Å². The fraction of sp³-hybridized carbons (Fsp3) is 0.533. The van der Waals surface area contributed by atoms with E-state index in [-0.39, 0.29) is 12.0 Å². The van der Waals surface area contributed by atoms with Crippen molar-refractivity contribution in [1.82, 2.24) is 5.32 Å². The second-order valence-corrected chi connectivity index (χ2v) is 4.99. The van der Waals surface area contributed by atoms with Gasteiger partial charge in [-0.05, 0) is 31.4 Å². The standard InChI is InChI=1S/C15H22ClNO3/c1-3-11(18)9-10-17-15(19)13(4-2)20-14-8-6-5-7-12(14)16/h5-8,11,13,18H,3-4,9-10H2,1-2H3,(H,17,19). The predicted octanol–water partition coefficient (Wildman–Crippen LogP) is 2.77. The first-order valence-electron chi connectivity index (χ1n) is 6.95. The Morgan fingerprint density at radius 1 is 1.35 bits per heavy atom. The van der Waals surface area contributed by atoms with Gasteiger partial charge in [0.05, 0.1) is 11.1 Å². The van der Waals surface area contributed by atoms with E-state index in [4.69, 9.17) is 16.3 Å². The minimum Gasteiger partial charge on any atom is -0.479 e. The third-order valence-electron chi connectivity index (χ3n) is 3.02. The molecule has 2 atom stereocenters. The molecule has 1 aromatic carbocycles. The monoisotopic (exact) mass is 299 g/mol. The zero-order valence-electron chi connectivity index (χ0n) is 11.9. The highest BCUT2D eigenvalue weighted by Gasteiger charge is 2.19. The number of amides is 1. The van der Waals surface area contributed by atoms with Crippen LogP contribution in [0.2, 0.25) is 5.02 Å².